The van der Waals surface area contributed by atoms with Gasteiger partial charge >= 0.3 is 0 Å². The monoisotopic (exact) mass is 271 g/mol. The van der Waals surface area contributed by atoms with Gasteiger partial charge in [0.25, 0.3) is 0 Å². The van der Waals surface area contributed by atoms with Crippen LogP contribution in [0.15, 0.2) is 24.3 Å². The van der Waals surface area contributed by atoms with Crippen LogP contribution in [0.2, 0.25) is 5.02 Å². The van der Waals surface area contributed by atoms with Crippen molar-refractivity contribution in [2.75, 3.05) is 13.7 Å². The molecule has 3 nitrogen and oxygen atoms in total. The number of rotatable bonds is 7. The van der Waals surface area contributed by atoms with Crippen LogP contribution >= 0.6 is 11.6 Å². The van der Waals surface area contributed by atoms with Gasteiger partial charge in [0.15, 0.2) is 0 Å². The summed E-state index contributed by atoms with van der Waals surface area (Å²) in [6, 6.07) is 7.59. The second-order valence-corrected chi connectivity index (χ2v) is 4.82. The van der Waals surface area contributed by atoms with Crippen LogP contribution in [0.5, 0.6) is 0 Å². The summed E-state index contributed by atoms with van der Waals surface area (Å²) < 4.78 is 11.1. The van der Waals surface area contributed by atoms with E-state index in [9.17, 15) is 0 Å². The van der Waals surface area contributed by atoms with E-state index in [1.165, 1.54) is 0 Å². The fraction of sp³-hybridized carbons (Fsp3) is 0.571. The van der Waals surface area contributed by atoms with Gasteiger partial charge in [-0.2, -0.15) is 0 Å². The van der Waals surface area contributed by atoms with E-state index < -0.39 is 0 Å². The van der Waals surface area contributed by atoms with Crippen molar-refractivity contribution in [1.82, 2.24) is 0 Å². The lowest BCUT2D eigenvalue weighted by Gasteiger charge is -2.27. The molecule has 0 amide bonds. The molecule has 0 aromatic heterocycles. The first-order valence-corrected chi connectivity index (χ1v) is 6.62. The third kappa shape index (κ3) is 4.25. The molecule has 102 valence electrons. The molecule has 0 bridgehead atoms. The summed E-state index contributed by atoms with van der Waals surface area (Å²) in [6.45, 7) is 4.55. The Balaban J connectivity index is 2.88. The van der Waals surface area contributed by atoms with E-state index in [4.69, 9.17) is 26.8 Å². The maximum atomic E-state index is 6.21. The van der Waals surface area contributed by atoms with Crippen molar-refractivity contribution in [3.8, 4) is 0 Å². The Morgan fingerprint density at radius 2 is 2.00 bits per heavy atom. The molecule has 1 aromatic rings. The number of hydrogen-bond donors (Lipinski definition) is 1. The highest BCUT2D eigenvalue weighted by Crippen LogP contribution is 2.29. The first-order chi connectivity index (χ1) is 8.60. The standard InChI is InChI=1S/C14H22ClNO2/c1-4-13(16)14(18-10(2)9-17-3)11-7-5-6-8-12(11)15/h5-8,10,13-14H,4,9,16H2,1-3H3. The highest BCUT2D eigenvalue weighted by molar-refractivity contribution is 6.31. The Bertz CT molecular complexity index is 359. The van der Waals surface area contributed by atoms with Gasteiger partial charge in [-0.3, -0.25) is 0 Å². The number of methoxy groups -OCH3 is 1. The summed E-state index contributed by atoms with van der Waals surface area (Å²) in [5, 5.41) is 0.691. The van der Waals surface area contributed by atoms with E-state index in [0.29, 0.717) is 11.6 Å². The van der Waals surface area contributed by atoms with Crippen LogP contribution in [0.4, 0.5) is 0 Å². The highest BCUT2D eigenvalue weighted by atomic mass is 35.5. The van der Waals surface area contributed by atoms with Gasteiger partial charge in [0.05, 0.1) is 18.8 Å². The van der Waals surface area contributed by atoms with E-state index >= 15 is 0 Å². The van der Waals surface area contributed by atoms with Crippen LogP contribution in [0.3, 0.4) is 0 Å². The molecular formula is C14H22ClNO2. The SMILES string of the molecule is CCC(N)C(OC(C)COC)c1ccccc1Cl. The molecule has 0 aliphatic heterocycles. The fourth-order valence-electron chi connectivity index (χ4n) is 1.85. The minimum Gasteiger partial charge on any atom is -0.382 e. The number of nitrogens with two attached hydrogens (primary N) is 1. The Labute approximate surface area is 114 Å². The van der Waals surface area contributed by atoms with Crippen LogP contribution in [0.1, 0.15) is 31.9 Å². The van der Waals surface area contributed by atoms with Gasteiger partial charge in [-0.15, -0.1) is 0 Å². The van der Waals surface area contributed by atoms with Gasteiger partial charge < -0.3 is 15.2 Å². The van der Waals surface area contributed by atoms with Gasteiger partial charge in [-0.25, -0.2) is 0 Å². The van der Waals surface area contributed by atoms with Gasteiger partial charge in [0.2, 0.25) is 0 Å². The van der Waals surface area contributed by atoms with Crippen molar-refractivity contribution in [1.29, 1.82) is 0 Å². The number of ether oxygens (including phenoxy) is 2. The summed E-state index contributed by atoms with van der Waals surface area (Å²) in [5.74, 6) is 0. The molecule has 0 aliphatic carbocycles. The fourth-order valence-corrected chi connectivity index (χ4v) is 2.09. The minimum atomic E-state index is -0.200. The summed E-state index contributed by atoms with van der Waals surface area (Å²) in [5.41, 5.74) is 7.08. The van der Waals surface area contributed by atoms with E-state index in [-0.39, 0.29) is 18.2 Å². The van der Waals surface area contributed by atoms with Crippen molar-refractivity contribution < 1.29 is 9.47 Å². The minimum absolute atomic E-state index is 0.0196. The predicted octanol–water partition coefficient (Wildman–Crippen LogP) is 3.17. The molecule has 0 saturated carbocycles. The molecule has 4 heteroatoms. The average molecular weight is 272 g/mol. The molecule has 3 atom stereocenters. The zero-order valence-corrected chi connectivity index (χ0v) is 12.0. The number of hydrogen-bond acceptors (Lipinski definition) is 3. The molecule has 0 aliphatic rings. The van der Waals surface area contributed by atoms with Gasteiger partial charge in [0.1, 0.15) is 0 Å². The first kappa shape index (κ1) is 15.4. The first-order valence-electron chi connectivity index (χ1n) is 6.24. The quantitative estimate of drug-likeness (QED) is 0.828. The maximum absolute atomic E-state index is 6.21. The molecule has 0 spiro atoms. The molecule has 18 heavy (non-hydrogen) atoms. The number of halogens is 1. The van der Waals surface area contributed by atoms with E-state index in [2.05, 4.69) is 0 Å². The van der Waals surface area contributed by atoms with Crippen LogP contribution in [0.25, 0.3) is 0 Å². The predicted molar refractivity (Wildman–Crippen MR) is 74.9 cm³/mol. The summed E-state index contributed by atoms with van der Waals surface area (Å²) >= 11 is 6.21. The van der Waals surface area contributed by atoms with Crippen LogP contribution in [0, 0.1) is 0 Å². The maximum Gasteiger partial charge on any atom is 0.0994 e. The molecule has 1 aromatic carbocycles. The second kappa shape index (κ2) is 7.74. The lowest BCUT2D eigenvalue weighted by Crippen LogP contribution is -2.33. The van der Waals surface area contributed by atoms with Gasteiger partial charge in [0, 0.05) is 23.7 Å². The molecule has 3 unspecified atom stereocenters. The van der Waals surface area contributed by atoms with E-state index in [1.54, 1.807) is 7.11 Å². The second-order valence-electron chi connectivity index (χ2n) is 4.42. The molecule has 0 heterocycles. The Kier molecular flexibility index (Phi) is 6.65. The van der Waals surface area contributed by atoms with Crippen molar-refractivity contribution >= 4 is 11.6 Å². The smallest absolute Gasteiger partial charge is 0.0994 e. The van der Waals surface area contributed by atoms with Gasteiger partial charge in [-0.05, 0) is 19.4 Å². The zero-order valence-electron chi connectivity index (χ0n) is 11.2. The molecule has 0 fully saturated rings. The van der Waals surface area contributed by atoms with Crippen molar-refractivity contribution in [3.05, 3.63) is 34.9 Å². The molecule has 0 radical (unpaired) electrons. The summed E-state index contributed by atoms with van der Waals surface area (Å²) in [4.78, 5) is 0. The van der Waals surface area contributed by atoms with Crippen molar-refractivity contribution in [3.63, 3.8) is 0 Å². The molecule has 2 N–H and O–H groups in total. The van der Waals surface area contributed by atoms with E-state index in [0.717, 1.165) is 12.0 Å². The Morgan fingerprint density at radius 1 is 1.33 bits per heavy atom. The topological polar surface area (TPSA) is 44.5 Å². The van der Waals surface area contributed by atoms with E-state index in [1.807, 2.05) is 38.1 Å². The average Bonchev–Trinajstić information content (AvgIpc) is 2.36. The van der Waals surface area contributed by atoms with Crippen LogP contribution < -0.4 is 5.73 Å². The summed E-state index contributed by atoms with van der Waals surface area (Å²) in [6.07, 6.45) is 0.609. The highest BCUT2D eigenvalue weighted by Gasteiger charge is 2.23. The number of benzene rings is 1. The largest absolute Gasteiger partial charge is 0.382 e. The Morgan fingerprint density at radius 3 is 2.56 bits per heavy atom. The normalized spacial score (nSPS) is 16.3. The molecule has 0 saturated heterocycles. The third-order valence-electron chi connectivity index (χ3n) is 2.85. The van der Waals surface area contributed by atoms with Crippen molar-refractivity contribution in [2.45, 2.75) is 38.5 Å². The van der Waals surface area contributed by atoms with Crippen molar-refractivity contribution in [2.24, 2.45) is 5.73 Å². The lowest BCUT2D eigenvalue weighted by atomic mass is 10.0. The molecule has 1 rings (SSSR count). The molecular weight excluding hydrogens is 250 g/mol. The summed E-state index contributed by atoms with van der Waals surface area (Å²) in [7, 11) is 1.66. The zero-order chi connectivity index (χ0) is 13.5. The Hall–Kier alpha value is -0.610. The van der Waals surface area contributed by atoms with Crippen LogP contribution in [-0.4, -0.2) is 25.9 Å². The third-order valence-corrected chi connectivity index (χ3v) is 3.20. The van der Waals surface area contributed by atoms with Crippen LogP contribution in [-0.2, 0) is 9.47 Å². The lowest BCUT2D eigenvalue weighted by molar-refractivity contribution is -0.0506. The van der Waals surface area contributed by atoms with Gasteiger partial charge in [-0.1, -0.05) is 36.7 Å².